The second kappa shape index (κ2) is 4.58. The molecule has 0 aliphatic heterocycles. The average molecular weight is 242 g/mol. The number of aryl methyl sites for hydroxylation is 1. The van der Waals surface area contributed by atoms with E-state index in [0.717, 1.165) is 35.0 Å². The lowest BCUT2D eigenvalue weighted by atomic mass is 9.93. The fourth-order valence-corrected chi connectivity index (χ4v) is 2.73. The standard InChI is InChI=1S/C15H18N2O/c1-17-13-10-6-5-9-12(13)14(16-17)15(18)11-7-3-2-4-8-11/h5-7,9-10,15,18H,2-4,8H2,1H3. The largest absolute Gasteiger partial charge is 0.382 e. The Balaban J connectivity index is 2.06. The van der Waals surface area contributed by atoms with Crippen molar-refractivity contribution in [3.63, 3.8) is 0 Å². The van der Waals surface area contributed by atoms with E-state index in [1.54, 1.807) is 0 Å². The number of allylic oxidation sites excluding steroid dienone is 1. The van der Waals surface area contributed by atoms with Crippen molar-refractivity contribution in [2.45, 2.75) is 31.8 Å². The zero-order valence-corrected chi connectivity index (χ0v) is 10.6. The molecule has 94 valence electrons. The van der Waals surface area contributed by atoms with Crippen LogP contribution in [0.2, 0.25) is 0 Å². The Morgan fingerprint density at radius 3 is 2.89 bits per heavy atom. The number of hydrogen-bond donors (Lipinski definition) is 1. The lowest BCUT2D eigenvalue weighted by Crippen LogP contribution is -2.06. The normalized spacial score (nSPS) is 17.8. The van der Waals surface area contributed by atoms with Crippen molar-refractivity contribution < 1.29 is 5.11 Å². The fraction of sp³-hybridized carbons (Fsp3) is 0.400. The highest BCUT2D eigenvalue weighted by Gasteiger charge is 2.21. The summed E-state index contributed by atoms with van der Waals surface area (Å²) in [5.41, 5.74) is 2.99. The molecule has 0 saturated carbocycles. The first kappa shape index (κ1) is 11.5. The van der Waals surface area contributed by atoms with Crippen molar-refractivity contribution in [3.8, 4) is 0 Å². The van der Waals surface area contributed by atoms with Crippen LogP contribution >= 0.6 is 0 Å². The third-order valence-corrected chi connectivity index (χ3v) is 3.72. The van der Waals surface area contributed by atoms with Crippen LogP contribution < -0.4 is 0 Å². The topological polar surface area (TPSA) is 38.0 Å². The number of nitrogens with zero attached hydrogens (tertiary/aromatic N) is 2. The van der Waals surface area contributed by atoms with Crippen molar-refractivity contribution >= 4 is 10.9 Å². The molecule has 3 rings (SSSR count). The molecule has 1 unspecified atom stereocenters. The zero-order valence-electron chi connectivity index (χ0n) is 10.6. The Kier molecular flexibility index (Phi) is 2.92. The predicted octanol–water partition coefficient (Wildman–Crippen LogP) is 3.11. The highest BCUT2D eigenvalue weighted by molar-refractivity contribution is 5.82. The predicted molar refractivity (Wildman–Crippen MR) is 72.2 cm³/mol. The molecule has 2 aromatic rings. The van der Waals surface area contributed by atoms with Crippen molar-refractivity contribution in [1.29, 1.82) is 0 Å². The maximum absolute atomic E-state index is 10.5. The SMILES string of the molecule is Cn1nc(C(O)C2=CCCCC2)c2ccccc21. The second-order valence-electron chi connectivity index (χ2n) is 4.95. The summed E-state index contributed by atoms with van der Waals surface area (Å²) >= 11 is 0. The Morgan fingerprint density at radius 1 is 1.28 bits per heavy atom. The van der Waals surface area contributed by atoms with E-state index >= 15 is 0 Å². The number of para-hydroxylation sites is 1. The molecule has 0 bridgehead atoms. The maximum Gasteiger partial charge on any atom is 0.119 e. The van der Waals surface area contributed by atoms with Crippen LogP contribution in [0.5, 0.6) is 0 Å². The molecule has 3 heteroatoms. The molecule has 1 aliphatic carbocycles. The number of fused-ring (bicyclic) bond motifs is 1. The van der Waals surface area contributed by atoms with Crippen molar-refractivity contribution in [1.82, 2.24) is 9.78 Å². The number of aliphatic hydroxyl groups is 1. The molecule has 3 nitrogen and oxygen atoms in total. The van der Waals surface area contributed by atoms with Crippen molar-refractivity contribution in [3.05, 3.63) is 41.6 Å². The van der Waals surface area contributed by atoms with Gasteiger partial charge in [0.1, 0.15) is 11.8 Å². The molecule has 0 fully saturated rings. The molecule has 1 aliphatic rings. The van der Waals surface area contributed by atoms with Gasteiger partial charge in [-0.2, -0.15) is 5.10 Å². The lowest BCUT2D eigenvalue weighted by molar-refractivity contribution is 0.204. The monoisotopic (exact) mass is 242 g/mol. The van der Waals surface area contributed by atoms with Gasteiger partial charge in [-0.3, -0.25) is 4.68 Å². The number of aromatic nitrogens is 2. The van der Waals surface area contributed by atoms with Gasteiger partial charge in [-0.25, -0.2) is 0 Å². The molecule has 0 spiro atoms. The number of hydrogen-bond acceptors (Lipinski definition) is 2. The van der Waals surface area contributed by atoms with Crippen LogP contribution in [0.15, 0.2) is 35.9 Å². The highest BCUT2D eigenvalue weighted by atomic mass is 16.3. The third-order valence-electron chi connectivity index (χ3n) is 3.72. The molecule has 1 N–H and O–H groups in total. The number of rotatable bonds is 2. The average Bonchev–Trinajstić information content (AvgIpc) is 2.77. The van der Waals surface area contributed by atoms with Crippen LogP contribution in [0.4, 0.5) is 0 Å². The summed E-state index contributed by atoms with van der Waals surface area (Å²) in [7, 11) is 1.92. The van der Waals surface area contributed by atoms with E-state index in [-0.39, 0.29) is 0 Å². The molecule has 1 aromatic heterocycles. The van der Waals surface area contributed by atoms with Crippen LogP contribution in [0.1, 0.15) is 37.5 Å². The van der Waals surface area contributed by atoms with E-state index in [2.05, 4.69) is 11.2 Å². The van der Waals surface area contributed by atoms with Crippen LogP contribution in [0, 0.1) is 0 Å². The van der Waals surface area contributed by atoms with Crippen molar-refractivity contribution in [2.75, 3.05) is 0 Å². The van der Waals surface area contributed by atoms with E-state index in [1.165, 1.54) is 12.8 Å². The van der Waals surface area contributed by atoms with Crippen LogP contribution in [0.3, 0.4) is 0 Å². The van der Waals surface area contributed by atoms with Crippen LogP contribution in [-0.4, -0.2) is 14.9 Å². The minimum Gasteiger partial charge on any atom is -0.382 e. The molecule has 1 aromatic carbocycles. The molecule has 0 saturated heterocycles. The van der Waals surface area contributed by atoms with Crippen LogP contribution in [0.25, 0.3) is 10.9 Å². The summed E-state index contributed by atoms with van der Waals surface area (Å²) in [6.45, 7) is 0. The summed E-state index contributed by atoms with van der Waals surface area (Å²) in [5.74, 6) is 0. The van der Waals surface area contributed by atoms with Gasteiger partial charge in [0, 0.05) is 12.4 Å². The summed E-state index contributed by atoms with van der Waals surface area (Å²) in [6.07, 6.45) is 6.12. The van der Waals surface area contributed by atoms with E-state index in [4.69, 9.17) is 0 Å². The van der Waals surface area contributed by atoms with Gasteiger partial charge in [-0.05, 0) is 37.3 Å². The van der Waals surface area contributed by atoms with E-state index < -0.39 is 6.10 Å². The molecule has 1 atom stereocenters. The Hall–Kier alpha value is -1.61. The van der Waals surface area contributed by atoms with Crippen molar-refractivity contribution in [2.24, 2.45) is 7.05 Å². The van der Waals surface area contributed by atoms with Gasteiger partial charge in [-0.15, -0.1) is 0 Å². The molecule has 18 heavy (non-hydrogen) atoms. The fourth-order valence-electron chi connectivity index (χ4n) is 2.73. The molecule has 1 heterocycles. The number of benzene rings is 1. The van der Waals surface area contributed by atoms with E-state index in [9.17, 15) is 5.11 Å². The van der Waals surface area contributed by atoms with Gasteiger partial charge in [0.2, 0.25) is 0 Å². The van der Waals surface area contributed by atoms with Gasteiger partial charge in [0.05, 0.1) is 5.52 Å². The first-order valence-corrected chi connectivity index (χ1v) is 6.56. The number of aliphatic hydroxyl groups excluding tert-OH is 1. The quantitative estimate of drug-likeness (QED) is 0.822. The van der Waals surface area contributed by atoms with E-state index in [0.29, 0.717) is 0 Å². The van der Waals surface area contributed by atoms with Crippen LogP contribution in [-0.2, 0) is 7.05 Å². The lowest BCUT2D eigenvalue weighted by Gasteiger charge is -2.17. The summed E-state index contributed by atoms with van der Waals surface area (Å²) < 4.78 is 1.84. The summed E-state index contributed by atoms with van der Waals surface area (Å²) in [4.78, 5) is 0. The molecular formula is C15H18N2O. The smallest absolute Gasteiger partial charge is 0.119 e. The Bertz CT molecular complexity index is 598. The zero-order chi connectivity index (χ0) is 12.5. The second-order valence-corrected chi connectivity index (χ2v) is 4.95. The van der Waals surface area contributed by atoms with Gasteiger partial charge in [0.25, 0.3) is 0 Å². The first-order chi connectivity index (χ1) is 8.77. The maximum atomic E-state index is 10.5. The molecule has 0 radical (unpaired) electrons. The Labute approximate surface area is 107 Å². The van der Waals surface area contributed by atoms with E-state index in [1.807, 2.05) is 36.0 Å². The minimum atomic E-state index is -0.545. The minimum absolute atomic E-state index is 0.545. The van der Waals surface area contributed by atoms with Gasteiger partial charge in [-0.1, -0.05) is 24.3 Å². The highest BCUT2D eigenvalue weighted by Crippen LogP contribution is 2.32. The van der Waals surface area contributed by atoms with Gasteiger partial charge < -0.3 is 5.11 Å². The molecule has 0 amide bonds. The summed E-state index contributed by atoms with van der Waals surface area (Å²) in [5, 5.41) is 16.1. The van der Waals surface area contributed by atoms with Gasteiger partial charge in [0.15, 0.2) is 0 Å². The Morgan fingerprint density at radius 2 is 2.11 bits per heavy atom. The molecular weight excluding hydrogens is 224 g/mol. The third kappa shape index (κ3) is 1.85. The summed E-state index contributed by atoms with van der Waals surface area (Å²) in [6, 6.07) is 8.06. The van der Waals surface area contributed by atoms with Gasteiger partial charge >= 0.3 is 0 Å². The first-order valence-electron chi connectivity index (χ1n) is 6.56.